The normalized spacial score (nSPS) is 24.1. The number of hydrogen-bond donors (Lipinski definition) is 1. The number of rotatable bonds is 4. The fourth-order valence-corrected chi connectivity index (χ4v) is 2.85. The molecule has 0 aromatic carbocycles. The quantitative estimate of drug-likeness (QED) is 0.889. The van der Waals surface area contributed by atoms with Crippen molar-refractivity contribution in [3.63, 3.8) is 0 Å². The van der Waals surface area contributed by atoms with E-state index < -0.39 is 5.92 Å². The van der Waals surface area contributed by atoms with Crippen LogP contribution >= 0.6 is 0 Å². The molecule has 0 aliphatic heterocycles. The van der Waals surface area contributed by atoms with E-state index >= 15 is 0 Å². The summed E-state index contributed by atoms with van der Waals surface area (Å²) < 4.78 is 26.4. The second-order valence-corrected chi connectivity index (χ2v) is 5.27. The highest BCUT2D eigenvalue weighted by atomic mass is 19.3. The van der Waals surface area contributed by atoms with E-state index in [1.165, 1.54) is 5.56 Å². The molecule has 2 atom stereocenters. The second kappa shape index (κ2) is 5.31. The molecular weight excluding hydrogens is 234 g/mol. The van der Waals surface area contributed by atoms with Crippen LogP contribution in [0.15, 0.2) is 18.5 Å². The minimum Gasteiger partial charge on any atom is -0.313 e. The van der Waals surface area contributed by atoms with E-state index in [2.05, 4.69) is 10.3 Å². The van der Waals surface area contributed by atoms with Crippen molar-refractivity contribution in [2.24, 2.45) is 5.92 Å². The van der Waals surface area contributed by atoms with Crippen LogP contribution in [0.1, 0.15) is 42.9 Å². The van der Waals surface area contributed by atoms with E-state index in [0.717, 1.165) is 12.0 Å². The number of pyridine rings is 1. The van der Waals surface area contributed by atoms with Gasteiger partial charge < -0.3 is 5.32 Å². The summed E-state index contributed by atoms with van der Waals surface area (Å²) >= 11 is 0. The lowest BCUT2D eigenvalue weighted by Gasteiger charge is -2.22. The average molecular weight is 254 g/mol. The number of nitrogens with zero attached hydrogens (tertiary/aromatic N) is 1. The lowest BCUT2D eigenvalue weighted by Crippen LogP contribution is -2.21. The Morgan fingerprint density at radius 3 is 2.89 bits per heavy atom. The highest BCUT2D eigenvalue weighted by Crippen LogP contribution is 2.42. The Balaban J connectivity index is 2.05. The Hall–Kier alpha value is -1.03. The van der Waals surface area contributed by atoms with Crippen LogP contribution in [0.3, 0.4) is 0 Å². The molecule has 1 aliphatic carbocycles. The molecule has 0 spiro atoms. The van der Waals surface area contributed by atoms with Gasteiger partial charge in [-0.3, -0.25) is 4.98 Å². The van der Waals surface area contributed by atoms with Crippen LogP contribution in [0.5, 0.6) is 0 Å². The summed E-state index contributed by atoms with van der Waals surface area (Å²) in [5.74, 6) is -2.33. The van der Waals surface area contributed by atoms with Gasteiger partial charge in [0.05, 0.1) is 0 Å². The number of halogens is 2. The minimum absolute atomic E-state index is 0.0370. The molecule has 4 heteroatoms. The average Bonchev–Trinajstić information content (AvgIpc) is 2.67. The van der Waals surface area contributed by atoms with Crippen LogP contribution in [-0.4, -0.2) is 18.0 Å². The Morgan fingerprint density at radius 2 is 2.33 bits per heavy atom. The van der Waals surface area contributed by atoms with Crippen LogP contribution in [0.2, 0.25) is 0 Å². The summed E-state index contributed by atoms with van der Waals surface area (Å²) in [6, 6.07) is 2.12. The Morgan fingerprint density at radius 1 is 1.56 bits per heavy atom. The van der Waals surface area contributed by atoms with E-state index in [9.17, 15) is 8.78 Å². The van der Waals surface area contributed by atoms with E-state index in [0.29, 0.717) is 6.42 Å². The van der Waals surface area contributed by atoms with Gasteiger partial charge in [0.15, 0.2) is 0 Å². The predicted octanol–water partition coefficient (Wildman–Crippen LogP) is 3.48. The number of nitrogens with one attached hydrogen (secondary N) is 1. The molecule has 1 fully saturated rings. The zero-order chi connectivity index (χ0) is 13.2. The predicted molar refractivity (Wildman–Crippen MR) is 67.7 cm³/mol. The van der Waals surface area contributed by atoms with Gasteiger partial charge in [0.1, 0.15) is 0 Å². The third-order valence-corrected chi connectivity index (χ3v) is 3.86. The molecule has 100 valence electrons. The zero-order valence-electron chi connectivity index (χ0n) is 10.9. The summed E-state index contributed by atoms with van der Waals surface area (Å²) in [7, 11) is 1.89. The molecule has 0 bridgehead atoms. The number of aryl methyl sites for hydroxylation is 1. The third-order valence-electron chi connectivity index (χ3n) is 3.86. The van der Waals surface area contributed by atoms with Gasteiger partial charge in [-0.2, -0.15) is 0 Å². The summed E-state index contributed by atoms with van der Waals surface area (Å²) in [6.07, 6.45) is 5.07. The van der Waals surface area contributed by atoms with Gasteiger partial charge in [-0.1, -0.05) is 0 Å². The molecule has 2 nitrogen and oxygen atoms in total. The van der Waals surface area contributed by atoms with Crippen LogP contribution in [0.4, 0.5) is 8.78 Å². The first-order valence-corrected chi connectivity index (χ1v) is 6.47. The van der Waals surface area contributed by atoms with Crippen LogP contribution in [0.25, 0.3) is 0 Å². The van der Waals surface area contributed by atoms with E-state index in [1.807, 2.05) is 26.2 Å². The molecule has 2 unspecified atom stereocenters. The topological polar surface area (TPSA) is 24.9 Å². The third kappa shape index (κ3) is 3.05. The molecule has 1 N–H and O–H groups in total. The van der Waals surface area contributed by atoms with E-state index in [4.69, 9.17) is 0 Å². The van der Waals surface area contributed by atoms with Gasteiger partial charge in [0.25, 0.3) is 0 Å². The van der Waals surface area contributed by atoms with Crippen LogP contribution in [-0.2, 0) is 0 Å². The van der Waals surface area contributed by atoms with Crippen LogP contribution < -0.4 is 5.32 Å². The maximum atomic E-state index is 13.2. The fraction of sp³-hybridized carbons (Fsp3) is 0.643. The number of aromatic nitrogens is 1. The van der Waals surface area contributed by atoms with Crippen molar-refractivity contribution in [2.45, 2.75) is 44.6 Å². The first-order chi connectivity index (χ1) is 8.52. The van der Waals surface area contributed by atoms with Crippen molar-refractivity contribution in [1.29, 1.82) is 0 Å². The number of alkyl halides is 2. The smallest absolute Gasteiger partial charge is 0.248 e. The van der Waals surface area contributed by atoms with Crippen LogP contribution in [0, 0.1) is 12.8 Å². The van der Waals surface area contributed by atoms with Crippen molar-refractivity contribution in [3.8, 4) is 0 Å². The van der Waals surface area contributed by atoms with Gasteiger partial charge in [-0.05, 0) is 49.9 Å². The standard InChI is InChI=1S/C14H20F2N2/c1-10-9-18-6-4-12(10)13(17-2)7-11-3-5-14(15,16)8-11/h4,6,9,11,13,17H,3,5,7-8H2,1-2H3. The first-order valence-electron chi connectivity index (χ1n) is 6.47. The Kier molecular flexibility index (Phi) is 3.95. The number of hydrogen-bond acceptors (Lipinski definition) is 2. The molecular formula is C14H20F2N2. The maximum absolute atomic E-state index is 13.2. The van der Waals surface area contributed by atoms with Crippen molar-refractivity contribution < 1.29 is 8.78 Å². The SMILES string of the molecule is CNC(CC1CCC(F)(F)C1)c1ccncc1C. The highest BCUT2D eigenvalue weighted by Gasteiger charge is 2.40. The lowest BCUT2D eigenvalue weighted by atomic mass is 9.92. The molecule has 1 aliphatic rings. The van der Waals surface area contributed by atoms with Crippen molar-refractivity contribution in [2.75, 3.05) is 7.05 Å². The second-order valence-electron chi connectivity index (χ2n) is 5.27. The van der Waals surface area contributed by atoms with Gasteiger partial charge in [0.2, 0.25) is 5.92 Å². The molecule has 1 aromatic rings. The van der Waals surface area contributed by atoms with Crippen molar-refractivity contribution in [1.82, 2.24) is 10.3 Å². The zero-order valence-corrected chi connectivity index (χ0v) is 10.9. The van der Waals surface area contributed by atoms with E-state index in [1.54, 1.807) is 6.20 Å². The van der Waals surface area contributed by atoms with E-state index in [-0.39, 0.29) is 24.8 Å². The monoisotopic (exact) mass is 254 g/mol. The van der Waals surface area contributed by atoms with Crippen molar-refractivity contribution >= 4 is 0 Å². The molecule has 18 heavy (non-hydrogen) atoms. The lowest BCUT2D eigenvalue weighted by molar-refractivity contribution is 0.00433. The van der Waals surface area contributed by atoms with Gasteiger partial charge in [-0.25, -0.2) is 8.78 Å². The summed E-state index contributed by atoms with van der Waals surface area (Å²) in [5, 5.41) is 3.24. The fourth-order valence-electron chi connectivity index (χ4n) is 2.85. The Bertz CT molecular complexity index is 407. The maximum Gasteiger partial charge on any atom is 0.248 e. The minimum atomic E-state index is -2.45. The van der Waals surface area contributed by atoms with Crippen molar-refractivity contribution in [3.05, 3.63) is 29.6 Å². The molecule has 1 heterocycles. The summed E-state index contributed by atoms with van der Waals surface area (Å²) in [4.78, 5) is 4.07. The molecule has 1 saturated carbocycles. The highest BCUT2D eigenvalue weighted by molar-refractivity contribution is 5.25. The largest absolute Gasteiger partial charge is 0.313 e. The Labute approximate surface area is 107 Å². The van der Waals surface area contributed by atoms with Gasteiger partial charge in [0, 0.05) is 31.3 Å². The molecule has 0 saturated heterocycles. The molecule has 2 rings (SSSR count). The molecule has 1 aromatic heterocycles. The molecule has 0 amide bonds. The first kappa shape index (κ1) is 13.4. The summed E-state index contributed by atoms with van der Waals surface area (Å²) in [6.45, 7) is 2.01. The summed E-state index contributed by atoms with van der Waals surface area (Å²) in [5.41, 5.74) is 2.28. The molecule has 0 radical (unpaired) electrons. The van der Waals surface area contributed by atoms with Gasteiger partial charge in [-0.15, -0.1) is 0 Å². The van der Waals surface area contributed by atoms with Gasteiger partial charge >= 0.3 is 0 Å².